The fourth-order valence-electron chi connectivity index (χ4n) is 0.668. The Labute approximate surface area is 73.6 Å². The zero-order valence-electron chi connectivity index (χ0n) is 6.77. The van der Waals surface area contributed by atoms with Crippen LogP contribution in [0.15, 0.2) is 0 Å². The molecule has 0 fully saturated rings. The molecule has 0 rings (SSSR count). The third-order valence-corrected chi connectivity index (χ3v) is 1.19. The molecule has 0 aliphatic carbocycles. The molecule has 0 radical (unpaired) electrons. The highest BCUT2D eigenvalue weighted by atomic mass is 16.4. The van der Waals surface area contributed by atoms with E-state index in [4.69, 9.17) is 15.3 Å². The Balaban J connectivity index is 0. The minimum absolute atomic E-state index is 0. The highest BCUT2D eigenvalue weighted by Gasteiger charge is 2.23. The van der Waals surface area contributed by atoms with Crippen molar-refractivity contribution in [2.75, 3.05) is 0 Å². The fourth-order valence-corrected chi connectivity index (χ4v) is 0.668. The predicted molar refractivity (Wildman–Crippen MR) is 40.7 cm³/mol. The van der Waals surface area contributed by atoms with Crippen LogP contribution in [0.1, 0.15) is 12.8 Å². The summed E-state index contributed by atoms with van der Waals surface area (Å²) in [6, 6.07) is 0. The van der Waals surface area contributed by atoms with Gasteiger partial charge in [-0.1, -0.05) is 0 Å². The van der Waals surface area contributed by atoms with Crippen molar-refractivity contribution in [3.8, 4) is 0 Å². The smallest absolute Gasteiger partial charge is 0.307 e. The van der Waals surface area contributed by atoms with E-state index in [1.54, 1.807) is 0 Å². The lowest BCUT2D eigenvalue weighted by Gasteiger charge is -2.04. The van der Waals surface area contributed by atoms with Crippen LogP contribution in [0.5, 0.6) is 0 Å². The molecule has 13 heavy (non-hydrogen) atoms. The Morgan fingerprint density at radius 3 is 1.38 bits per heavy atom. The van der Waals surface area contributed by atoms with Crippen LogP contribution in [0.2, 0.25) is 0 Å². The summed E-state index contributed by atoms with van der Waals surface area (Å²) in [5.74, 6) is -5.38. The Kier molecular flexibility index (Phi) is 6.37. The number of carbonyl (C=O) groups is 3. The minimum atomic E-state index is -1.40. The van der Waals surface area contributed by atoms with Crippen LogP contribution in [0, 0.1) is 5.92 Å². The Hall–Kier alpha value is -1.63. The van der Waals surface area contributed by atoms with Gasteiger partial charge in [-0.3, -0.25) is 14.4 Å². The van der Waals surface area contributed by atoms with Crippen molar-refractivity contribution in [2.45, 2.75) is 12.8 Å². The van der Waals surface area contributed by atoms with Crippen molar-refractivity contribution >= 4 is 17.9 Å². The Morgan fingerprint density at radius 1 is 0.923 bits per heavy atom. The Bertz CT molecular complexity index is 197. The van der Waals surface area contributed by atoms with Gasteiger partial charge in [0.05, 0.1) is 18.8 Å². The molecule has 0 aromatic carbocycles. The van der Waals surface area contributed by atoms with Crippen molar-refractivity contribution in [1.82, 2.24) is 6.15 Å². The SMILES string of the molecule is N.O=C(O)CC(CC(=O)O)C(=O)O. The zero-order chi connectivity index (χ0) is 9.72. The normalized spacial score (nSPS) is 9.00. The average molecular weight is 193 g/mol. The third kappa shape index (κ3) is 6.76. The first-order chi connectivity index (χ1) is 5.43. The number of rotatable bonds is 5. The molecular formula is C6H11NO6. The van der Waals surface area contributed by atoms with Gasteiger partial charge in [-0.15, -0.1) is 0 Å². The van der Waals surface area contributed by atoms with Crippen LogP contribution in [0.25, 0.3) is 0 Å². The molecular weight excluding hydrogens is 182 g/mol. The predicted octanol–water partition coefficient (Wildman–Crippen LogP) is -0.201. The lowest BCUT2D eigenvalue weighted by molar-refractivity contribution is -0.152. The first kappa shape index (κ1) is 13.9. The van der Waals surface area contributed by atoms with Crippen molar-refractivity contribution in [3.63, 3.8) is 0 Å². The van der Waals surface area contributed by atoms with Gasteiger partial charge in [0.2, 0.25) is 0 Å². The van der Waals surface area contributed by atoms with Gasteiger partial charge in [-0.2, -0.15) is 0 Å². The first-order valence-corrected chi connectivity index (χ1v) is 3.10. The van der Waals surface area contributed by atoms with E-state index in [-0.39, 0.29) is 6.15 Å². The van der Waals surface area contributed by atoms with Crippen LogP contribution in [-0.4, -0.2) is 33.2 Å². The molecule has 0 saturated carbocycles. The number of aliphatic carboxylic acids is 3. The van der Waals surface area contributed by atoms with Gasteiger partial charge in [0, 0.05) is 0 Å². The molecule has 7 heteroatoms. The third-order valence-electron chi connectivity index (χ3n) is 1.19. The topological polar surface area (TPSA) is 147 Å². The molecule has 0 heterocycles. The maximum absolute atomic E-state index is 10.2. The van der Waals surface area contributed by atoms with Crippen molar-refractivity contribution in [1.29, 1.82) is 0 Å². The van der Waals surface area contributed by atoms with Crippen molar-refractivity contribution < 1.29 is 29.7 Å². The van der Waals surface area contributed by atoms with Crippen molar-refractivity contribution in [2.24, 2.45) is 5.92 Å². The molecule has 6 N–H and O–H groups in total. The second kappa shape index (κ2) is 5.95. The summed E-state index contributed by atoms with van der Waals surface area (Å²) >= 11 is 0. The van der Waals surface area contributed by atoms with Gasteiger partial charge in [-0.05, 0) is 0 Å². The molecule has 0 saturated heterocycles. The van der Waals surface area contributed by atoms with E-state index in [0.29, 0.717) is 0 Å². The van der Waals surface area contributed by atoms with Crippen LogP contribution < -0.4 is 6.15 Å². The molecule has 7 nitrogen and oxygen atoms in total. The summed E-state index contributed by atoms with van der Waals surface area (Å²) in [5.41, 5.74) is 0. The summed E-state index contributed by atoms with van der Waals surface area (Å²) in [7, 11) is 0. The van der Waals surface area contributed by atoms with E-state index in [1.165, 1.54) is 0 Å². The highest BCUT2D eigenvalue weighted by Crippen LogP contribution is 2.08. The monoisotopic (exact) mass is 193 g/mol. The molecule has 0 unspecified atom stereocenters. The van der Waals surface area contributed by atoms with E-state index >= 15 is 0 Å². The summed E-state index contributed by atoms with van der Waals surface area (Å²) < 4.78 is 0. The van der Waals surface area contributed by atoms with E-state index in [9.17, 15) is 14.4 Å². The summed E-state index contributed by atoms with van der Waals surface area (Å²) in [6.07, 6.45) is -1.33. The van der Waals surface area contributed by atoms with E-state index < -0.39 is 36.7 Å². The van der Waals surface area contributed by atoms with Gasteiger partial charge in [0.15, 0.2) is 0 Å². The van der Waals surface area contributed by atoms with E-state index in [1.807, 2.05) is 0 Å². The van der Waals surface area contributed by atoms with E-state index in [2.05, 4.69) is 0 Å². The quantitative estimate of drug-likeness (QED) is 0.472. The number of hydrogen-bond acceptors (Lipinski definition) is 4. The number of hydrogen-bond donors (Lipinski definition) is 4. The minimum Gasteiger partial charge on any atom is -0.481 e. The lowest BCUT2D eigenvalue weighted by Crippen LogP contribution is -2.20. The molecule has 0 amide bonds. The first-order valence-electron chi connectivity index (χ1n) is 3.10. The largest absolute Gasteiger partial charge is 0.481 e. The summed E-state index contributed by atoms with van der Waals surface area (Å²) in [5, 5.41) is 24.7. The van der Waals surface area contributed by atoms with Gasteiger partial charge < -0.3 is 21.5 Å². The van der Waals surface area contributed by atoms with Gasteiger partial charge >= 0.3 is 17.9 Å². The summed E-state index contributed by atoms with van der Waals surface area (Å²) in [6.45, 7) is 0. The molecule has 0 aromatic rings. The molecule has 0 aromatic heterocycles. The Morgan fingerprint density at radius 2 is 1.23 bits per heavy atom. The van der Waals surface area contributed by atoms with Crippen LogP contribution >= 0.6 is 0 Å². The van der Waals surface area contributed by atoms with Crippen molar-refractivity contribution in [3.05, 3.63) is 0 Å². The number of carboxylic acids is 3. The maximum atomic E-state index is 10.2. The molecule has 0 aliphatic rings. The lowest BCUT2D eigenvalue weighted by atomic mass is 10.0. The number of carboxylic acid groups (broad SMARTS) is 3. The standard InChI is InChI=1S/C6H8O6.H3N/c7-4(8)1-3(6(11)12)2-5(9)10;/h3H,1-2H2,(H,7,8)(H,9,10)(H,11,12);1H3. The average Bonchev–Trinajstić information content (AvgIpc) is 1.83. The van der Waals surface area contributed by atoms with Crippen LogP contribution in [0.4, 0.5) is 0 Å². The van der Waals surface area contributed by atoms with Gasteiger partial charge in [0.1, 0.15) is 0 Å². The van der Waals surface area contributed by atoms with Gasteiger partial charge in [0.25, 0.3) is 0 Å². The second-order valence-electron chi connectivity index (χ2n) is 2.23. The molecule has 0 aliphatic heterocycles. The summed E-state index contributed by atoms with van der Waals surface area (Å²) in [4.78, 5) is 30.3. The van der Waals surface area contributed by atoms with E-state index in [0.717, 1.165) is 0 Å². The fraction of sp³-hybridized carbons (Fsp3) is 0.500. The molecule has 76 valence electrons. The maximum Gasteiger partial charge on any atom is 0.307 e. The second-order valence-corrected chi connectivity index (χ2v) is 2.23. The zero-order valence-corrected chi connectivity index (χ0v) is 6.77. The van der Waals surface area contributed by atoms with Crippen LogP contribution in [-0.2, 0) is 14.4 Å². The molecule has 0 atom stereocenters. The van der Waals surface area contributed by atoms with Gasteiger partial charge in [-0.25, -0.2) is 0 Å². The highest BCUT2D eigenvalue weighted by molar-refractivity contribution is 5.82. The van der Waals surface area contributed by atoms with Crippen LogP contribution in [0.3, 0.4) is 0 Å². The molecule has 0 bridgehead atoms. The molecule has 0 spiro atoms.